The summed E-state index contributed by atoms with van der Waals surface area (Å²) in [4.78, 5) is 0. The van der Waals surface area contributed by atoms with Crippen molar-refractivity contribution in [3.05, 3.63) is 34.3 Å². The molecule has 1 aromatic carbocycles. The first-order valence-electron chi connectivity index (χ1n) is 6.75. The lowest BCUT2D eigenvalue weighted by molar-refractivity contribution is -0.00630. The summed E-state index contributed by atoms with van der Waals surface area (Å²) in [5.74, 6) is 0.773. The zero-order chi connectivity index (χ0) is 13.0. The van der Waals surface area contributed by atoms with E-state index in [0.717, 1.165) is 42.6 Å². The van der Waals surface area contributed by atoms with Crippen molar-refractivity contribution in [2.24, 2.45) is 5.92 Å². The summed E-state index contributed by atoms with van der Waals surface area (Å²) in [7, 11) is 0. The molecule has 1 aromatic rings. The molecule has 0 saturated heterocycles. The molecule has 0 radical (unpaired) electrons. The summed E-state index contributed by atoms with van der Waals surface area (Å²) in [6.07, 6.45) is 4.16. The number of rotatable bonds is 4. The van der Waals surface area contributed by atoms with E-state index in [9.17, 15) is 5.11 Å². The molecule has 1 saturated carbocycles. The van der Waals surface area contributed by atoms with E-state index in [0.29, 0.717) is 6.54 Å². The van der Waals surface area contributed by atoms with Gasteiger partial charge in [-0.15, -0.1) is 0 Å². The maximum Gasteiger partial charge on any atom is 0.0771 e. The van der Waals surface area contributed by atoms with Gasteiger partial charge in [-0.05, 0) is 49.3 Å². The van der Waals surface area contributed by atoms with Gasteiger partial charge in [0.15, 0.2) is 0 Å². The topological polar surface area (TPSA) is 32.3 Å². The first kappa shape index (κ1) is 14.0. The second-order valence-corrected chi connectivity index (χ2v) is 6.56. The molecular weight excluding hydrogens is 290 g/mol. The lowest BCUT2D eigenvalue weighted by Gasteiger charge is -2.35. The fraction of sp³-hybridized carbons (Fsp3) is 0.600. The maximum absolute atomic E-state index is 10.4. The van der Waals surface area contributed by atoms with E-state index in [1.165, 1.54) is 5.56 Å². The minimum Gasteiger partial charge on any atom is -0.389 e. The summed E-state index contributed by atoms with van der Waals surface area (Å²) in [6.45, 7) is 3.79. The van der Waals surface area contributed by atoms with E-state index in [2.05, 4.69) is 40.3 Å². The van der Waals surface area contributed by atoms with Crippen molar-refractivity contribution in [3.8, 4) is 0 Å². The Hall–Kier alpha value is -0.380. The Morgan fingerprint density at radius 3 is 2.78 bits per heavy atom. The molecule has 2 N–H and O–H groups in total. The minimum atomic E-state index is -0.488. The van der Waals surface area contributed by atoms with Crippen LogP contribution in [-0.2, 0) is 6.54 Å². The number of halogens is 1. The van der Waals surface area contributed by atoms with Crippen molar-refractivity contribution in [3.63, 3.8) is 0 Å². The number of hydrogen-bond donors (Lipinski definition) is 2. The summed E-state index contributed by atoms with van der Waals surface area (Å²) < 4.78 is 1.10. The van der Waals surface area contributed by atoms with Gasteiger partial charge < -0.3 is 10.4 Å². The van der Waals surface area contributed by atoms with Crippen molar-refractivity contribution >= 4 is 15.9 Å². The van der Waals surface area contributed by atoms with Crippen molar-refractivity contribution in [1.29, 1.82) is 0 Å². The van der Waals surface area contributed by atoms with Gasteiger partial charge in [0.05, 0.1) is 5.60 Å². The van der Waals surface area contributed by atoms with Crippen LogP contribution in [0.5, 0.6) is 0 Å². The molecule has 0 bridgehead atoms. The lowest BCUT2D eigenvalue weighted by Crippen LogP contribution is -2.43. The third kappa shape index (κ3) is 4.08. The molecule has 2 nitrogen and oxygen atoms in total. The van der Waals surface area contributed by atoms with E-state index in [1.807, 2.05) is 12.1 Å². The van der Waals surface area contributed by atoms with Gasteiger partial charge in [-0.25, -0.2) is 0 Å². The van der Waals surface area contributed by atoms with Crippen LogP contribution >= 0.6 is 15.9 Å². The van der Waals surface area contributed by atoms with Crippen LogP contribution in [0.3, 0.4) is 0 Å². The molecule has 1 aliphatic rings. The van der Waals surface area contributed by atoms with E-state index in [4.69, 9.17) is 0 Å². The van der Waals surface area contributed by atoms with Gasteiger partial charge in [-0.3, -0.25) is 0 Å². The largest absolute Gasteiger partial charge is 0.389 e. The molecule has 3 heteroatoms. The maximum atomic E-state index is 10.4. The molecule has 0 spiro atoms. The van der Waals surface area contributed by atoms with Crippen molar-refractivity contribution in [1.82, 2.24) is 5.32 Å². The highest BCUT2D eigenvalue weighted by molar-refractivity contribution is 9.10. The summed E-state index contributed by atoms with van der Waals surface area (Å²) in [5, 5.41) is 13.8. The highest BCUT2D eigenvalue weighted by Gasteiger charge is 2.31. The van der Waals surface area contributed by atoms with Crippen LogP contribution in [0.2, 0.25) is 0 Å². The Morgan fingerprint density at radius 2 is 2.11 bits per heavy atom. The smallest absolute Gasteiger partial charge is 0.0771 e. The third-order valence-corrected chi connectivity index (χ3v) is 4.37. The number of aliphatic hydroxyl groups is 1. The highest BCUT2D eigenvalue weighted by atomic mass is 79.9. The first-order valence-corrected chi connectivity index (χ1v) is 7.54. The SMILES string of the molecule is CC1CCC(O)(CNCc2cccc(Br)c2)CC1. The predicted molar refractivity (Wildman–Crippen MR) is 78.4 cm³/mol. The molecule has 0 atom stereocenters. The Labute approximate surface area is 118 Å². The third-order valence-electron chi connectivity index (χ3n) is 3.88. The molecule has 0 amide bonds. The zero-order valence-corrected chi connectivity index (χ0v) is 12.5. The van der Waals surface area contributed by atoms with E-state index in [1.54, 1.807) is 0 Å². The molecule has 0 aromatic heterocycles. The number of benzene rings is 1. The molecule has 0 aliphatic heterocycles. The van der Waals surface area contributed by atoms with Gasteiger partial charge in [0, 0.05) is 17.6 Å². The van der Waals surface area contributed by atoms with Crippen LogP contribution in [0.25, 0.3) is 0 Å². The zero-order valence-electron chi connectivity index (χ0n) is 11.0. The monoisotopic (exact) mass is 311 g/mol. The second kappa shape index (κ2) is 6.18. The van der Waals surface area contributed by atoms with Crippen LogP contribution in [0, 0.1) is 5.92 Å². The molecule has 18 heavy (non-hydrogen) atoms. The molecule has 0 heterocycles. The average Bonchev–Trinajstić information content (AvgIpc) is 2.34. The van der Waals surface area contributed by atoms with Gasteiger partial charge >= 0.3 is 0 Å². The van der Waals surface area contributed by atoms with Gasteiger partial charge in [0.1, 0.15) is 0 Å². The van der Waals surface area contributed by atoms with E-state index < -0.39 is 5.60 Å². The minimum absolute atomic E-state index is 0.488. The van der Waals surface area contributed by atoms with Crippen LogP contribution in [-0.4, -0.2) is 17.3 Å². The molecule has 1 fully saturated rings. The van der Waals surface area contributed by atoms with Gasteiger partial charge in [0.2, 0.25) is 0 Å². The summed E-state index contributed by atoms with van der Waals surface area (Å²) in [6, 6.07) is 8.28. The van der Waals surface area contributed by atoms with Crippen molar-refractivity contribution in [2.45, 2.75) is 44.8 Å². The Kier molecular flexibility index (Phi) is 4.82. The quantitative estimate of drug-likeness (QED) is 0.892. The Bertz CT molecular complexity index is 386. The van der Waals surface area contributed by atoms with Crippen LogP contribution < -0.4 is 5.32 Å². The molecule has 100 valence electrons. The molecular formula is C15H22BrNO. The first-order chi connectivity index (χ1) is 8.57. The molecule has 1 aliphatic carbocycles. The van der Waals surface area contributed by atoms with Gasteiger partial charge in [-0.2, -0.15) is 0 Å². The van der Waals surface area contributed by atoms with E-state index >= 15 is 0 Å². The lowest BCUT2D eigenvalue weighted by atomic mass is 9.79. The molecule has 2 rings (SSSR count). The fourth-order valence-corrected chi connectivity index (χ4v) is 3.01. The summed E-state index contributed by atoms with van der Waals surface area (Å²) in [5.41, 5.74) is 0.760. The second-order valence-electron chi connectivity index (χ2n) is 5.64. The standard InChI is InChI=1S/C15H22BrNO/c1-12-5-7-15(18,8-6-12)11-17-10-13-3-2-4-14(16)9-13/h2-4,9,12,17-18H,5-8,10-11H2,1H3. The predicted octanol–water partition coefficient (Wildman–Crippen LogP) is 3.48. The molecule has 0 unspecified atom stereocenters. The summed E-state index contributed by atoms with van der Waals surface area (Å²) >= 11 is 3.47. The fourth-order valence-electron chi connectivity index (χ4n) is 2.56. The van der Waals surface area contributed by atoms with Crippen LogP contribution in [0.15, 0.2) is 28.7 Å². The van der Waals surface area contributed by atoms with Crippen LogP contribution in [0.1, 0.15) is 38.2 Å². The number of hydrogen-bond acceptors (Lipinski definition) is 2. The van der Waals surface area contributed by atoms with Gasteiger partial charge in [0.25, 0.3) is 0 Å². The van der Waals surface area contributed by atoms with Crippen LogP contribution in [0.4, 0.5) is 0 Å². The van der Waals surface area contributed by atoms with Gasteiger partial charge in [-0.1, -0.05) is 35.0 Å². The normalized spacial score (nSPS) is 28.3. The van der Waals surface area contributed by atoms with Crippen molar-refractivity contribution in [2.75, 3.05) is 6.54 Å². The van der Waals surface area contributed by atoms with Crippen molar-refractivity contribution < 1.29 is 5.11 Å². The van der Waals surface area contributed by atoms with E-state index in [-0.39, 0.29) is 0 Å². The Balaban J connectivity index is 1.78. The average molecular weight is 312 g/mol. The number of nitrogens with one attached hydrogen (secondary N) is 1. The highest BCUT2D eigenvalue weighted by Crippen LogP contribution is 2.31. The Morgan fingerprint density at radius 1 is 1.39 bits per heavy atom.